The first kappa shape index (κ1) is 28.9. The molecule has 0 atom stereocenters. The summed E-state index contributed by atoms with van der Waals surface area (Å²) in [5.41, 5.74) is 0.520. The van der Waals surface area contributed by atoms with Crippen molar-refractivity contribution in [2.24, 2.45) is 0 Å². The molecule has 0 bridgehead atoms. The zero-order chi connectivity index (χ0) is 25.5. The molecule has 194 valence electrons. The Morgan fingerprint density at radius 1 is 0.771 bits per heavy atom. The zero-order valence-electron chi connectivity index (χ0n) is 21.1. The van der Waals surface area contributed by atoms with Crippen LogP contribution in [0, 0.1) is 17.5 Å². The maximum atomic E-state index is 14.5. The fourth-order valence-electron chi connectivity index (χ4n) is 3.90. The van der Waals surface area contributed by atoms with Gasteiger partial charge in [0.05, 0.1) is 12.2 Å². The van der Waals surface area contributed by atoms with E-state index in [1.54, 1.807) is 6.07 Å². The first-order chi connectivity index (χ1) is 17.0. The fraction of sp³-hybridized carbons (Fsp3) is 0.552. The number of ether oxygens (including phenoxy) is 2. The molecule has 3 nitrogen and oxygen atoms in total. The smallest absolute Gasteiger partial charge is 0.346 e. The summed E-state index contributed by atoms with van der Waals surface area (Å²) in [7, 11) is 0. The van der Waals surface area contributed by atoms with Crippen LogP contribution in [0.25, 0.3) is 0 Å². The third kappa shape index (κ3) is 10.0. The summed E-state index contributed by atoms with van der Waals surface area (Å²) in [5, 5.41) is 0. The van der Waals surface area contributed by atoms with Crippen LogP contribution in [0.2, 0.25) is 0 Å². The summed E-state index contributed by atoms with van der Waals surface area (Å²) in [6, 6.07) is 6.79. The highest BCUT2D eigenvalue weighted by molar-refractivity contribution is 5.91. The number of carbonyl (C=O) groups excluding carboxylic acids is 1. The second kappa shape index (κ2) is 16.4. The molecule has 0 saturated carbocycles. The molecule has 2 aromatic carbocycles. The molecule has 0 spiro atoms. The molecule has 0 aliphatic rings. The monoisotopic (exact) mass is 492 g/mol. The third-order valence-electron chi connectivity index (χ3n) is 6.05. The number of carbonyl (C=O) groups is 1. The van der Waals surface area contributed by atoms with E-state index >= 15 is 0 Å². The van der Waals surface area contributed by atoms with Crippen molar-refractivity contribution >= 4 is 5.97 Å². The predicted octanol–water partition coefficient (Wildman–Crippen LogP) is 8.71. The minimum absolute atomic E-state index is 0.0442. The van der Waals surface area contributed by atoms with Gasteiger partial charge in [-0.25, -0.2) is 13.6 Å². The summed E-state index contributed by atoms with van der Waals surface area (Å²) in [6.45, 7) is 4.71. The van der Waals surface area contributed by atoms with Crippen molar-refractivity contribution in [2.75, 3.05) is 6.61 Å². The topological polar surface area (TPSA) is 35.5 Å². The fourth-order valence-corrected chi connectivity index (χ4v) is 3.90. The Labute approximate surface area is 208 Å². The maximum absolute atomic E-state index is 14.5. The summed E-state index contributed by atoms with van der Waals surface area (Å²) >= 11 is 0. The minimum atomic E-state index is -1.29. The summed E-state index contributed by atoms with van der Waals surface area (Å²) < 4.78 is 53.8. The second-order valence-corrected chi connectivity index (χ2v) is 9.04. The Morgan fingerprint density at radius 3 is 2.11 bits per heavy atom. The Bertz CT molecular complexity index is 914. The van der Waals surface area contributed by atoms with Gasteiger partial charge in [0.15, 0.2) is 11.6 Å². The van der Waals surface area contributed by atoms with Crippen molar-refractivity contribution in [1.82, 2.24) is 0 Å². The summed E-state index contributed by atoms with van der Waals surface area (Å²) in [6.07, 6.45) is 12.9. The third-order valence-corrected chi connectivity index (χ3v) is 6.05. The zero-order valence-corrected chi connectivity index (χ0v) is 21.1. The van der Waals surface area contributed by atoms with Gasteiger partial charge >= 0.3 is 5.97 Å². The van der Waals surface area contributed by atoms with E-state index in [9.17, 15) is 18.0 Å². The lowest BCUT2D eigenvalue weighted by molar-refractivity contribution is 0.0721. The van der Waals surface area contributed by atoms with Gasteiger partial charge in [-0.3, -0.25) is 0 Å². The lowest BCUT2D eigenvalue weighted by Gasteiger charge is -2.11. The van der Waals surface area contributed by atoms with Crippen LogP contribution in [0.4, 0.5) is 13.2 Å². The molecule has 0 unspecified atom stereocenters. The van der Waals surface area contributed by atoms with Crippen LogP contribution in [0.3, 0.4) is 0 Å². The number of benzene rings is 2. The molecule has 0 amide bonds. The molecular weight excluding hydrogens is 453 g/mol. The van der Waals surface area contributed by atoms with Gasteiger partial charge in [-0.05, 0) is 49.1 Å². The van der Waals surface area contributed by atoms with E-state index in [1.807, 2.05) is 0 Å². The van der Waals surface area contributed by atoms with Crippen molar-refractivity contribution in [3.05, 3.63) is 64.5 Å². The van der Waals surface area contributed by atoms with E-state index in [1.165, 1.54) is 49.9 Å². The van der Waals surface area contributed by atoms with E-state index in [-0.39, 0.29) is 17.7 Å². The Balaban J connectivity index is 1.86. The molecular formula is C29H39F3O3. The number of hydrogen-bond donors (Lipinski definition) is 0. The maximum Gasteiger partial charge on any atom is 0.346 e. The molecule has 0 aliphatic carbocycles. The number of esters is 1. The molecule has 0 aromatic heterocycles. The highest BCUT2D eigenvalue weighted by Crippen LogP contribution is 2.25. The molecule has 0 aliphatic heterocycles. The summed E-state index contributed by atoms with van der Waals surface area (Å²) in [5.74, 6) is -4.80. The highest BCUT2D eigenvalue weighted by atomic mass is 19.2. The van der Waals surface area contributed by atoms with Gasteiger partial charge in [-0.2, -0.15) is 4.39 Å². The highest BCUT2D eigenvalue weighted by Gasteiger charge is 2.20. The van der Waals surface area contributed by atoms with Crippen LogP contribution in [0.1, 0.15) is 106 Å². The van der Waals surface area contributed by atoms with Crippen molar-refractivity contribution < 1.29 is 27.4 Å². The standard InChI is InChI=1S/C29H39F3O3/c1-3-5-7-9-11-13-19-34-21-23-16-18-26(28(32)27(23)31)35-29(33)24-17-15-22(20-25(24)30)14-12-10-8-6-4-2/h15-18,20H,3-14,19,21H2,1-2H3. The van der Waals surface area contributed by atoms with Crippen LogP contribution >= 0.6 is 0 Å². The number of rotatable bonds is 17. The largest absolute Gasteiger partial charge is 0.420 e. The van der Waals surface area contributed by atoms with E-state index in [4.69, 9.17) is 9.47 Å². The lowest BCUT2D eigenvalue weighted by Crippen LogP contribution is -2.13. The van der Waals surface area contributed by atoms with Gasteiger partial charge in [-0.1, -0.05) is 77.7 Å². The van der Waals surface area contributed by atoms with Crippen LogP contribution < -0.4 is 4.74 Å². The van der Waals surface area contributed by atoms with Gasteiger partial charge in [-0.15, -0.1) is 0 Å². The van der Waals surface area contributed by atoms with Crippen molar-refractivity contribution in [2.45, 2.75) is 97.5 Å². The molecule has 2 rings (SSSR count). The van der Waals surface area contributed by atoms with E-state index in [2.05, 4.69) is 13.8 Å². The van der Waals surface area contributed by atoms with Gasteiger partial charge in [0.1, 0.15) is 5.82 Å². The molecule has 0 heterocycles. The normalized spacial score (nSPS) is 11.1. The molecule has 0 fully saturated rings. The molecule has 0 N–H and O–H groups in total. The van der Waals surface area contributed by atoms with Crippen molar-refractivity contribution in [1.29, 1.82) is 0 Å². The van der Waals surface area contributed by atoms with Gasteiger partial charge in [0.2, 0.25) is 5.82 Å². The molecule has 0 radical (unpaired) electrons. The van der Waals surface area contributed by atoms with Crippen molar-refractivity contribution in [3.63, 3.8) is 0 Å². The van der Waals surface area contributed by atoms with Gasteiger partial charge in [0, 0.05) is 12.2 Å². The average molecular weight is 493 g/mol. The second-order valence-electron chi connectivity index (χ2n) is 9.04. The van der Waals surface area contributed by atoms with E-state index in [0.717, 1.165) is 56.9 Å². The van der Waals surface area contributed by atoms with Crippen LogP contribution in [0.5, 0.6) is 5.75 Å². The quantitative estimate of drug-likeness (QED) is 0.126. The first-order valence-electron chi connectivity index (χ1n) is 13.0. The lowest BCUT2D eigenvalue weighted by atomic mass is 10.0. The number of hydrogen-bond acceptors (Lipinski definition) is 3. The first-order valence-corrected chi connectivity index (χ1v) is 13.0. The molecule has 6 heteroatoms. The minimum Gasteiger partial charge on any atom is -0.420 e. The Morgan fingerprint density at radius 2 is 1.43 bits per heavy atom. The van der Waals surface area contributed by atoms with Gasteiger partial charge < -0.3 is 9.47 Å². The molecule has 2 aromatic rings. The summed E-state index contributed by atoms with van der Waals surface area (Å²) in [4.78, 5) is 12.4. The van der Waals surface area contributed by atoms with Crippen LogP contribution in [-0.2, 0) is 17.8 Å². The number of halogens is 3. The van der Waals surface area contributed by atoms with Crippen LogP contribution in [0.15, 0.2) is 30.3 Å². The number of aryl methyl sites for hydroxylation is 1. The van der Waals surface area contributed by atoms with E-state index in [0.29, 0.717) is 6.61 Å². The Kier molecular flexibility index (Phi) is 13.5. The average Bonchev–Trinajstić information content (AvgIpc) is 2.84. The van der Waals surface area contributed by atoms with Crippen molar-refractivity contribution in [3.8, 4) is 5.75 Å². The van der Waals surface area contributed by atoms with Gasteiger partial charge in [0.25, 0.3) is 0 Å². The molecule has 0 saturated heterocycles. The predicted molar refractivity (Wildman–Crippen MR) is 133 cm³/mol. The molecule has 35 heavy (non-hydrogen) atoms. The van der Waals surface area contributed by atoms with E-state index < -0.39 is 29.2 Å². The van der Waals surface area contributed by atoms with Crippen LogP contribution in [-0.4, -0.2) is 12.6 Å². The SMILES string of the molecule is CCCCCCCCOCc1ccc(OC(=O)c2ccc(CCCCCCC)cc2F)c(F)c1F. The Hall–Kier alpha value is -2.34. The number of unbranched alkanes of at least 4 members (excludes halogenated alkanes) is 9.